The zero-order valence-corrected chi connectivity index (χ0v) is 19.6. The first-order valence-electron chi connectivity index (χ1n) is 11.2. The van der Waals surface area contributed by atoms with E-state index in [0.717, 1.165) is 23.3 Å². The van der Waals surface area contributed by atoms with Gasteiger partial charge in [0.05, 0.1) is 18.5 Å². The molecule has 0 spiro atoms. The number of carbonyl (C=O) groups is 2. The molecule has 0 atom stereocenters. The number of aromatic nitrogens is 1. The minimum absolute atomic E-state index is 0.0832. The number of nitrogens with zero attached hydrogens (tertiary/aromatic N) is 2. The maximum Gasteiger partial charge on any atom is 0.307 e. The molecule has 0 aliphatic rings. The first-order valence-corrected chi connectivity index (χ1v) is 11.2. The zero-order chi connectivity index (χ0) is 24.2. The van der Waals surface area contributed by atoms with Gasteiger partial charge >= 0.3 is 5.97 Å². The van der Waals surface area contributed by atoms with E-state index in [9.17, 15) is 14.7 Å². The summed E-state index contributed by atoms with van der Waals surface area (Å²) in [6, 6.07) is 22.7. The number of carbonyl (C=O) groups excluding carboxylic acids is 1. The van der Waals surface area contributed by atoms with E-state index >= 15 is 0 Å². The molecule has 3 aromatic carbocycles. The number of hydrogen-bond donors (Lipinski definition) is 1. The molecule has 0 radical (unpaired) electrons. The Kier molecular flexibility index (Phi) is 6.68. The van der Waals surface area contributed by atoms with Crippen LogP contribution in [0.25, 0.3) is 10.9 Å². The van der Waals surface area contributed by atoms with Gasteiger partial charge in [0, 0.05) is 29.4 Å². The number of carboxylic acids is 1. The van der Waals surface area contributed by atoms with Gasteiger partial charge in [0.1, 0.15) is 12.4 Å². The predicted octanol–water partition coefficient (Wildman–Crippen LogP) is 5.09. The summed E-state index contributed by atoms with van der Waals surface area (Å²) in [6.07, 6.45) is -0.0832. The Labute approximate surface area is 199 Å². The van der Waals surface area contributed by atoms with Crippen LogP contribution in [-0.4, -0.2) is 41.7 Å². The van der Waals surface area contributed by atoms with Crippen molar-refractivity contribution in [2.24, 2.45) is 0 Å². The lowest BCUT2D eigenvalue weighted by Gasteiger charge is -2.20. The third kappa shape index (κ3) is 4.96. The van der Waals surface area contributed by atoms with Crippen molar-refractivity contribution in [1.82, 2.24) is 4.57 Å². The highest BCUT2D eigenvalue weighted by Gasteiger charge is 2.17. The summed E-state index contributed by atoms with van der Waals surface area (Å²) < 4.78 is 7.52. The predicted molar refractivity (Wildman–Crippen MR) is 134 cm³/mol. The third-order valence-corrected chi connectivity index (χ3v) is 5.90. The van der Waals surface area contributed by atoms with E-state index in [1.54, 1.807) is 41.0 Å². The number of anilines is 1. The third-order valence-electron chi connectivity index (χ3n) is 5.90. The molecular weight excluding hydrogens is 428 g/mol. The zero-order valence-electron chi connectivity index (χ0n) is 19.6. The van der Waals surface area contributed by atoms with Gasteiger partial charge in [-0.25, -0.2) is 0 Å². The Balaban J connectivity index is 1.45. The number of fused-ring (bicyclic) bond motifs is 1. The lowest BCUT2D eigenvalue weighted by molar-refractivity contribution is -0.136. The molecule has 1 heterocycles. The van der Waals surface area contributed by atoms with Crippen LogP contribution in [0, 0.1) is 13.8 Å². The van der Waals surface area contributed by atoms with Crippen LogP contribution in [0.1, 0.15) is 27.2 Å². The number of aliphatic carboxylic acids is 1. The average molecular weight is 457 g/mol. The second-order valence-electron chi connectivity index (χ2n) is 8.48. The number of ether oxygens (including phenoxy) is 1. The van der Waals surface area contributed by atoms with Gasteiger partial charge in [-0.1, -0.05) is 24.3 Å². The maximum atomic E-state index is 13.3. The summed E-state index contributed by atoms with van der Waals surface area (Å²) in [5.74, 6) is -0.359. The Morgan fingerprint density at radius 3 is 2.41 bits per heavy atom. The van der Waals surface area contributed by atoms with Crippen LogP contribution < -0.4 is 9.64 Å². The standard InChI is InChI=1S/C28H28N2O4/c1-19-6-4-8-23(16-19)29(3)14-15-34-24-12-10-21(11-13-24)28(33)30-20(2)17-25-22(18-27(31)32)7-5-9-26(25)30/h4-13,16-17H,14-15,18H2,1-3H3,(H,31,32). The Bertz CT molecular complexity index is 1340. The molecule has 4 rings (SSSR count). The van der Waals surface area contributed by atoms with Crippen molar-refractivity contribution in [3.8, 4) is 5.75 Å². The SMILES string of the molecule is Cc1cccc(N(C)CCOc2ccc(C(=O)n3c(C)cc4c(CC(=O)O)cccc43)cc2)c1. The summed E-state index contributed by atoms with van der Waals surface area (Å²) in [4.78, 5) is 26.6. The van der Waals surface area contributed by atoms with Crippen LogP contribution in [0.15, 0.2) is 72.8 Å². The number of benzene rings is 3. The van der Waals surface area contributed by atoms with Gasteiger partial charge in [-0.15, -0.1) is 0 Å². The van der Waals surface area contributed by atoms with Crippen LogP contribution in [0.3, 0.4) is 0 Å². The van der Waals surface area contributed by atoms with Crippen molar-refractivity contribution in [3.05, 3.63) is 95.2 Å². The summed E-state index contributed by atoms with van der Waals surface area (Å²) in [7, 11) is 2.03. The van der Waals surface area contributed by atoms with Crippen molar-refractivity contribution in [3.63, 3.8) is 0 Å². The van der Waals surface area contributed by atoms with Crippen LogP contribution in [-0.2, 0) is 11.2 Å². The largest absolute Gasteiger partial charge is 0.492 e. The van der Waals surface area contributed by atoms with E-state index in [2.05, 4.69) is 30.0 Å². The van der Waals surface area contributed by atoms with E-state index in [1.807, 2.05) is 32.2 Å². The molecule has 6 nitrogen and oxygen atoms in total. The lowest BCUT2D eigenvalue weighted by atomic mass is 10.1. The first kappa shape index (κ1) is 23.1. The summed E-state index contributed by atoms with van der Waals surface area (Å²) in [5, 5.41) is 9.97. The minimum Gasteiger partial charge on any atom is -0.492 e. The molecule has 0 unspecified atom stereocenters. The lowest BCUT2D eigenvalue weighted by Crippen LogP contribution is -2.23. The van der Waals surface area contributed by atoms with E-state index < -0.39 is 5.97 Å². The molecular formula is C28H28N2O4. The van der Waals surface area contributed by atoms with Crippen LogP contribution >= 0.6 is 0 Å². The Morgan fingerprint density at radius 2 is 1.71 bits per heavy atom. The molecule has 6 heteroatoms. The number of rotatable bonds is 8. The highest BCUT2D eigenvalue weighted by atomic mass is 16.5. The van der Waals surface area contributed by atoms with Crippen LogP contribution in [0.5, 0.6) is 5.75 Å². The molecule has 174 valence electrons. The van der Waals surface area contributed by atoms with Crippen molar-refractivity contribution in [1.29, 1.82) is 0 Å². The number of carboxylic acid groups (broad SMARTS) is 1. The van der Waals surface area contributed by atoms with Gasteiger partial charge in [0.25, 0.3) is 5.91 Å². The van der Waals surface area contributed by atoms with E-state index in [1.165, 1.54) is 5.56 Å². The normalized spacial score (nSPS) is 10.9. The van der Waals surface area contributed by atoms with Gasteiger partial charge in [-0.2, -0.15) is 0 Å². The van der Waals surface area contributed by atoms with Crippen molar-refractivity contribution in [2.45, 2.75) is 20.3 Å². The minimum atomic E-state index is -0.898. The fraction of sp³-hybridized carbons (Fsp3) is 0.214. The van der Waals surface area contributed by atoms with Gasteiger partial charge in [0.2, 0.25) is 0 Å². The fourth-order valence-electron chi connectivity index (χ4n) is 4.13. The molecule has 1 N–H and O–H groups in total. The molecule has 0 aliphatic heterocycles. The number of likely N-dealkylation sites (N-methyl/N-ethyl adjacent to an activating group) is 1. The Hall–Kier alpha value is -4.06. The van der Waals surface area contributed by atoms with Gasteiger partial charge in [-0.3, -0.25) is 14.2 Å². The van der Waals surface area contributed by atoms with Crippen molar-refractivity contribution >= 4 is 28.5 Å². The van der Waals surface area contributed by atoms with Crippen molar-refractivity contribution in [2.75, 3.05) is 25.1 Å². The fourth-order valence-corrected chi connectivity index (χ4v) is 4.13. The quantitative estimate of drug-likeness (QED) is 0.400. The molecule has 4 aromatic rings. The smallest absolute Gasteiger partial charge is 0.307 e. The molecule has 34 heavy (non-hydrogen) atoms. The monoisotopic (exact) mass is 456 g/mol. The Morgan fingerprint density at radius 1 is 0.971 bits per heavy atom. The van der Waals surface area contributed by atoms with Gasteiger partial charge in [-0.05, 0) is 73.5 Å². The number of aryl methyl sites for hydroxylation is 2. The van der Waals surface area contributed by atoms with E-state index in [4.69, 9.17) is 4.74 Å². The molecule has 0 saturated heterocycles. The molecule has 0 aliphatic carbocycles. The van der Waals surface area contributed by atoms with Gasteiger partial charge < -0.3 is 14.7 Å². The van der Waals surface area contributed by atoms with E-state index in [-0.39, 0.29) is 12.3 Å². The molecule has 0 fully saturated rings. The van der Waals surface area contributed by atoms with Gasteiger partial charge in [0.15, 0.2) is 0 Å². The first-order chi connectivity index (χ1) is 16.3. The second kappa shape index (κ2) is 9.83. The summed E-state index contributed by atoms with van der Waals surface area (Å²) in [5.41, 5.74) is 5.06. The average Bonchev–Trinajstić information content (AvgIpc) is 3.15. The second-order valence-corrected chi connectivity index (χ2v) is 8.48. The molecule has 1 aromatic heterocycles. The van der Waals surface area contributed by atoms with E-state index in [0.29, 0.717) is 29.0 Å². The highest BCUT2D eigenvalue weighted by molar-refractivity contribution is 6.04. The summed E-state index contributed by atoms with van der Waals surface area (Å²) in [6.45, 7) is 5.18. The molecule has 0 amide bonds. The van der Waals surface area contributed by atoms with Crippen LogP contribution in [0.4, 0.5) is 5.69 Å². The van der Waals surface area contributed by atoms with Crippen LogP contribution in [0.2, 0.25) is 0 Å². The maximum absolute atomic E-state index is 13.3. The molecule has 0 bridgehead atoms. The topological polar surface area (TPSA) is 71.8 Å². The molecule has 0 saturated carbocycles. The number of hydrogen-bond acceptors (Lipinski definition) is 4. The van der Waals surface area contributed by atoms with Crippen molar-refractivity contribution < 1.29 is 19.4 Å². The highest BCUT2D eigenvalue weighted by Crippen LogP contribution is 2.25. The summed E-state index contributed by atoms with van der Waals surface area (Å²) >= 11 is 0.